The Hall–Kier alpha value is -2.61. The lowest BCUT2D eigenvalue weighted by atomic mass is 10.0. The lowest BCUT2D eigenvalue weighted by Crippen LogP contribution is -2.48. The zero-order chi connectivity index (χ0) is 22.3. The Labute approximate surface area is 186 Å². The molecule has 1 amide bonds. The summed E-state index contributed by atoms with van der Waals surface area (Å²) >= 11 is 0. The van der Waals surface area contributed by atoms with Gasteiger partial charge in [-0.25, -0.2) is 0 Å². The number of likely N-dealkylation sites (tertiary alicyclic amines) is 1. The second-order valence-corrected chi connectivity index (χ2v) is 8.99. The first kappa shape index (κ1) is 23.1. The van der Waals surface area contributed by atoms with E-state index in [9.17, 15) is 9.90 Å². The summed E-state index contributed by atoms with van der Waals surface area (Å²) in [4.78, 5) is 17.4. The van der Waals surface area contributed by atoms with Gasteiger partial charge in [0.2, 0.25) is 0 Å². The normalized spacial score (nSPS) is 17.0. The molecule has 0 radical (unpaired) electrons. The minimum absolute atomic E-state index is 0.0538. The Morgan fingerprint density at radius 1 is 1.16 bits per heavy atom. The maximum Gasteiger partial charge on any atom is 0.253 e. The van der Waals surface area contributed by atoms with Gasteiger partial charge in [-0.05, 0) is 82.4 Å². The molecule has 3 rings (SSSR count). The monoisotopic (exact) mass is 418 g/mol. The molecule has 0 bridgehead atoms. The molecule has 31 heavy (non-hydrogen) atoms. The van der Waals surface area contributed by atoms with Crippen molar-refractivity contribution in [1.82, 2.24) is 9.80 Å². The number of piperidine rings is 1. The van der Waals surface area contributed by atoms with Gasteiger partial charge in [-0.15, -0.1) is 0 Å². The molecule has 1 aliphatic rings. The van der Waals surface area contributed by atoms with Crippen LogP contribution in [-0.4, -0.2) is 59.1 Å². The van der Waals surface area contributed by atoms with Gasteiger partial charge in [0.1, 0.15) is 5.60 Å². The van der Waals surface area contributed by atoms with Gasteiger partial charge >= 0.3 is 0 Å². The van der Waals surface area contributed by atoms with E-state index in [-0.39, 0.29) is 11.9 Å². The minimum Gasteiger partial charge on any atom is -0.378 e. The quantitative estimate of drug-likeness (QED) is 0.722. The van der Waals surface area contributed by atoms with Crippen molar-refractivity contribution in [2.45, 2.75) is 51.2 Å². The first-order chi connectivity index (χ1) is 14.8. The lowest BCUT2D eigenvalue weighted by Gasteiger charge is -2.37. The summed E-state index contributed by atoms with van der Waals surface area (Å²) in [6, 6.07) is 18.2. The molecule has 0 spiro atoms. The molecule has 0 aromatic heterocycles. The molecule has 164 valence electrons. The predicted octanol–water partition coefficient (Wildman–Crippen LogP) is 3.98. The van der Waals surface area contributed by atoms with Gasteiger partial charge in [-0.1, -0.05) is 42.2 Å². The van der Waals surface area contributed by atoms with Crippen LogP contribution < -0.4 is 0 Å². The van der Waals surface area contributed by atoms with E-state index < -0.39 is 5.60 Å². The van der Waals surface area contributed by atoms with Gasteiger partial charge in [0.05, 0.1) is 0 Å². The zero-order valence-electron chi connectivity index (χ0n) is 19.0. The van der Waals surface area contributed by atoms with Crippen molar-refractivity contribution in [3.05, 3.63) is 71.3 Å². The van der Waals surface area contributed by atoms with E-state index in [1.165, 1.54) is 5.56 Å². The Kier molecular flexibility index (Phi) is 7.90. The van der Waals surface area contributed by atoms with Gasteiger partial charge in [0.15, 0.2) is 0 Å². The van der Waals surface area contributed by atoms with Crippen molar-refractivity contribution in [2.24, 2.45) is 0 Å². The highest BCUT2D eigenvalue weighted by atomic mass is 16.3. The second kappa shape index (κ2) is 10.6. The Bertz CT molecular complexity index is 904. The molecular formula is C27H34N2O2. The molecule has 1 atom stereocenters. The van der Waals surface area contributed by atoms with Crippen molar-refractivity contribution in [2.75, 3.05) is 26.7 Å². The van der Waals surface area contributed by atoms with Crippen LogP contribution in [-0.2, 0) is 6.42 Å². The summed E-state index contributed by atoms with van der Waals surface area (Å²) in [5.41, 5.74) is 1.84. The van der Waals surface area contributed by atoms with Gasteiger partial charge < -0.3 is 14.9 Å². The number of nitrogens with zero attached hydrogens (tertiary/aromatic N) is 2. The average molecular weight is 419 g/mol. The smallest absolute Gasteiger partial charge is 0.253 e. The third-order valence-corrected chi connectivity index (χ3v) is 5.78. The fourth-order valence-corrected chi connectivity index (χ4v) is 3.99. The number of carbonyl (C=O) groups is 1. The third kappa shape index (κ3) is 7.24. The number of rotatable bonds is 6. The Morgan fingerprint density at radius 2 is 1.87 bits per heavy atom. The summed E-state index contributed by atoms with van der Waals surface area (Å²) in [5, 5.41) is 9.73. The molecule has 1 heterocycles. The SMILES string of the molecule is CN(C(=O)c1ccc(C#CC(C)(C)O)cc1)[C@@H]1CCCN(CCCc2ccccc2)C1. The van der Waals surface area contributed by atoms with Crippen molar-refractivity contribution in [3.8, 4) is 11.8 Å². The molecule has 1 N–H and O–H groups in total. The molecule has 4 heteroatoms. The molecule has 1 saturated heterocycles. The Morgan fingerprint density at radius 3 is 2.55 bits per heavy atom. The van der Waals surface area contributed by atoms with Crippen LogP contribution in [0.25, 0.3) is 0 Å². The van der Waals surface area contributed by atoms with Crippen LogP contribution in [0, 0.1) is 11.8 Å². The fraction of sp³-hybridized carbons (Fsp3) is 0.444. The van der Waals surface area contributed by atoms with E-state index in [2.05, 4.69) is 47.1 Å². The van der Waals surface area contributed by atoms with E-state index in [4.69, 9.17) is 0 Å². The van der Waals surface area contributed by atoms with E-state index in [1.807, 2.05) is 36.2 Å². The van der Waals surface area contributed by atoms with Crippen LogP contribution in [0.3, 0.4) is 0 Å². The predicted molar refractivity (Wildman–Crippen MR) is 126 cm³/mol. The fourth-order valence-electron chi connectivity index (χ4n) is 3.99. The van der Waals surface area contributed by atoms with Crippen LogP contribution in [0.15, 0.2) is 54.6 Å². The molecular weight excluding hydrogens is 384 g/mol. The summed E-state index contributed by atoms with van der Waals surface area (Å²) in [7, 11) is 1.92. The molecule has 2 aromatic carbocycles. The average Bonchev–Trinajstić information content (AvgIpc) is 2.77. The summed E-state index contributed by atoms with van der Waals surface area (Å²) in [6.45, 7) is 6.43. The van der Waals surface area contributed by atoms with Gasteiger partial charge in [0.25, 0.3) is 5.91 Å². The maximum atomic E-state index is 13.0. The largest absolute Gasteiger partial charge is 0.378 e. The van der Waals surface area contributed by atoms with Crippen LogP contribution >= 0.6 is 0 Å². The number of carbonyl (C=O) groups excluding carboxylic acids is 1. The first-order valence-electron chi connectivity index (χ1n) is 11.2. The van der Waals surface area contributed by atoms with Crippen molar-refractivity contribution in [1.29, 1.82) is 0 Å². The summed E-state index contributed by atoms with van der Waals surface area (Å²) < 4.78 is 0. The lowest BCUT2D eigenvalue weighted by molar-refractivity contribution is 0.0617. The summed E-state index contributed by atoms with van der Waals surface area (Å²) in [5.74, 6) is 5.80. The zero-order valence-corrected chi connectivity index (χ0v) is 19.0. The van der Waals surface area contributed by atoms with Gasteiger partial charge in [-0.2, -0.15) is 0 Å². The highest BCUT2D eigenvalue weighted by Crippen LogP contribution is 2.18. The molecule has 0 unspecified atom stereocenters. The molecule has 0 saturated carbocycles. The number of aryl methyl sites for hydroxylation is 1. The van der Waals surface area contributed by atoms with Crippen LogP contribution in [0.1, 0.15) is 54.6 Å². The molecule has 1 fully saturated rings. The first-order valence-corrected chi connectivity index (χ1v) is 11.2. The van der Waals surface area contributed by atoms with E-state index >= 15 is 0 Å². The topological polar surface area (TPSA) is 43.8 Å². The molecule has 0 aliphatic carbocycles. The van der Waals surface area contributed by atoms with Crippen molar-refractivity contribution in [3.63, 3.8) is 0 Å². The summed E-state index contributed by atoms with van der Waals surface area (Å²) in [6.07, 6.45) is 4.41. The molecule has 1 aliphatic heterocycles. The van der Waals surface area contributed by atoms with E-state index in [0.29, 0.717) is 5.56 Å². The number of benzene rings is 2. The number of amides is 1. The molecule has 4 nitrogen and oxygen atoms in total. The Balaban J connectivity index is 1.53. The van der Waals surface area contributed by atoms with E-state index in [0.717, 1.165) is 50.9 Å². The van der Waals surface area contributed by atoms with Crippen LogP contribution in [0.2, 0.25) is 0 Å². The number of aliphatic hydroxyl groups is 1. The highest BCUT2D eigenvalue weighted by Gasteiger charge is 2.26. The van der Waals surface area contributed by atoms with Crippen LogP contribution in [0.4, 0.5) is 0 Å². The van der Waals surface area contributed by atoms with Crippen LogP contribution in [0.5, 0.6) is 0 Å². The standard InChI is InChI=1S/C27H34N2O2/c1-27(2,31)18-17-23-13-15-24(16-14-23)26(30)28(3)25-12-8-20-29(21-25)19-7-11-22-9-5-4-6-10-22/h4-6,9-10,13-16,25,31H,7-8,11-12,19-21H2,1-3H3/t25-/m1/s1. The maximum absolute atomic E-state index is 13.0. The van der Waals surface area contributed by atoms with Gasteiger partial charge in [-0.3, -0.25) is 4.79 Å². The second-order valence-electron chi connectivity index (χ2n) is 8.99. The van der Waals surface area contributed by atoms with Crippen molar-refractivity contribution >= 4 is 5.91 Å². The number of hydrogen-bond acceptors (Lipinski definition) is 3. The third-order valence-electron chi connectivity index (χ3n) is 5.78. The van der Waals surface area contributed by atoms with Crippen molar-refractivity contribution < 1.29 is 9.90 Å². The highest BCUT2D eigenvalue weighted by molar-refractivity contribution is 5.94. The number of likely N-dealkylation sites (N-methyl/N-ethyl adjacent to an activating group) is 1. The number of hydrogen-bond donors (Lipinski definition) is 1. The molecule has 2 aromatic rings. The van der Waals surface area contributed by atoms with E-state index in [1.54, 1.807) is 13.8 Å². The minimum atomic E-state index is -1.03. The van der Waals surface area contributed by atoms with Gasteiger partial charge in [0, 0.05) is 30.8 Å².